The molecule has 9 heteroatoms. The van der Waals surface area contributed by atoms with Crippen LogP contribution in [0.3, 0.4) is 0 Å². The van der Waals surface area contributed by atoms with Gasteiger partial charge < -0.3 is 20.7 Å². The Morgan fingerprint density at radius 1 is 1.09 bits per heavy atom. The number of nitrogens with one attached hydrogen (secondary N) is 1. The van der Waals surface area contributed by atoms with E-state index in [9.17, 15) is 24.8 Å². The van der Waals surface area contributed by atoms with Crippen LogP contribution in [0.25, 0.3) is 11.1 Å². The van der Waals surface area contributed by atoms with Crippen LogP contribution >= 0.6 is 0 Å². The number of likely N-dealkylation sites (tertiary alicyclic amines) is 1. The number of benzene rings is 2. The Kier molecular flexibility index (Phi) is 6.23. The van der Waals surface area contributed by atoms with Gasteiger partial charge in [0.05, 0.1) is 16.2 Å². The highest BCUT2D eigenvalue weighted by Gasteiger charge is 2.31. The largest absolute Gasteiger partial charge is 0.396 e. The van der Waals surface area contributed by atoms with Crippen molar-refractivity contribution in [2.45, 2.75) is 12.8 Å². The summed E-state index contributed by atoms with van der Waals surface area (Å²) in [6, 6.07) is 14.3. The summed E-state index contributed by atoms with van der Waals surface area (Å²) < 4.78 is 0. The minimum Gasteiger partial charge on any atom is -0.396 e. The van der Waals surface area contributed by atoms with E-state index in [1.807, 2.05) is 0 Å². The number of nitro groups is 1. The third kappa shape index (κ3) is 4.35. The van der Waals surface area contributed by atoms with E-state index in [4.69, 9.17) is 5.73 Å². The Bertz CT molecular complexity index is 1180. The van der Waals surface area contributed by atoms with Crippen LogP contribution in [-0.2, 0) is 0 Å². The monoisotopic (exact) mass is 448 g/mol. The predicted octanol–water partition coefficient (Wildman–Crippen LogP) is 3.25. The minimum absolute atomic E-state index is 0.0666. The number of aliphatic hydroxyl groups excluding tert-OH is 1. The molecule has 2 heterocycles. The van der Waals surface area contributed by atoms with E-state index in [0.29, 0.717) is 42.6 Å². The average Bonchev–Trinajstić information content (AvgIpc) is 3.20. The highest BCUT2D eigenvalue weighted by Crippen LogP contribution is 2.35. The zero-order chi connectivity index (χ0) is 23.5. The number of piperidine rings is 1. The molecule has 1 amide bonds. The summed E-state index contributed by atoms with van der Waals surface area (Å²) in [7, 11) is 0. The minimum atomic E-state index is -0.511. The van der Waals surface area contributed by atoms with Crippen LogP contribution < -0.4 is 5.73 Å². The third-order valence-electron chi connectivity index (χ3n) is 6.03. The van der Waals surface area contributed by atoms with Gasteiger partial charge in [-0.15, -0.1) is 0 Å². The number of rotatable bonds is 6. The lowest BCUT2D eigenvalue weighted by atomic mass is 9.94. The third-order valence-corrected chi connectivity index (χ3v) is 6.03. The van der Waals surface area contributed by atoms with Gasteiger partial charge >= 0.3 is 0 Å². The maximum Gasteiger partial charge on any atom is 0.269 e. The van der Waals surface area contributed by atoms with Crippen LogP contribution in [0.4, 0.5) is 11.5 Å². The van der Waals surface area contributed by atoms with Gasteiger partial charge in [-0.25, -0.2) is 0 Å². The molecule has 0 radical (unpaired) electrons. The first-order valence-corrected chi connectivity index (χ1v) is 10.7. The number of aliphatic hydroxyl groups is 1. The van der Waals surface area contributed by atoms with Crippen molar-refractivity contribution in [3.05, 3.63) is 81.5 Å². The number of hydrogen-bond acceptors (Lipinski definition) is 6. The lowest BCUT2D eigenvalue weighted by Gasteiger charge is -2.31. The zero-order valence-electron chi connectivity index (χ0n) is 17.9. The molecule has 0 atom stereocenters. The Hall–Kier alpha value is -3.98. The summed E-state index contributed by atoms with van der Waals surface area (Å²) in [4.78, 5) is 42.0. The van der Waals surface area contributed by atoms with Gasteiger partial charge in [0.15, 0.2) is 0 Å². The van der Waals surface area contributed by atoms with E-state index in [0.717, 1.165) is 0 Å². The van der Waals surface area contributed by atoms with Crippen molar-refractivity contribution in [2.24, 2.45) is 5.92 Å². The lowest BCUT2D eigenvalue weighted by molar-refractivity contribution is -0.384. The molecule has 0 bridgehead atoms. The van der Waals surface area contributed by atoms with Crippen LogP contribution in [0.15, 0.2) is 54.6 Å². The second-order valence-electron chi connectivity index (χ2n) is 8.08. The van der Waals surface area contributed by atoms with Crippen molar-refractivity contribution < 1.29 is 19.6 Å². The van der Waals surface area contributed by atoms with Gasteiger partial charge in [-0.3, -0.25) is 19.7 Å². The summed E-state index contributed by atoms with van der Waals surface area (Å²) in [5.41, 5.74) is 7.68. The van der Waals surface area contributed by atoms with Gasteiger partial charge in [0.25, 0.3) is 11.6 Å². The van der Waals surface area contributed by atoms with E-state index < -0.39 is 4.92 Å². The molecule has 0 saturated carbocycles. The topological polar surface area (TPSA) is 143 Å². The van der Waals surface area contributed by atoms with Crippen LogP contribution in [0.2, 0.25) is 0 Å². The second-order valence-corrected chi connectivity index (χ2v) is 8.08. The molecule has 9 nitrogen and oxygen atoms in total. The fourth-order valence-corrected chi connectivity index (χ4v) is 4.16. The molecular weight excluding hydrogens is 424 g/mol. The van der Waals surface area contributed by atoms with Gasteiger partial charge in [0, 0.05) is 43.0 Å². The molecule has 1 fully saturated rings. The first-order chi connectivity index (χ1) is 15.9. The standard InChI is InChI=1S/C24H24N4O5/c25-23-20(24(31)27-12-10-15(14-29)11-13-27)19(16-6-8-18(9-7-16)28(32)33)21(26-23)22(30)17-4-2-1-3-5-17/h1-9,15,26,29H,10-14,25H2. The van der Waals surface area contributed by atoms with E-state index >= 15 is 0 Å². The Morgan fingerprint density at radius 2 is 1.73 bits per heavy atom. The van der Waals surface area contributed by atoms with Gasteiger partial charge in [0.2, 0.25) is 5.78 Å². The molecule has 4 N–H and O–H groups in total. The van der Waals surface area contributed by atoms with Gasteiger partial charge in [0.1, 0.15) is 5.82 Å². The number of aromatic amines is 1. The van der Waals surface area contributed by atoms with Crippen LogP contribution in [0.5, 0.6) is 0 Å². The molecule has 170 valence electrons. The highest BCUT2D eigenvalue weighted by atomic mass is 16.6. The molecule has 1 aromatic heterocycles. The molecule has 0 unspecified atom stereocenters. The van der Waals surface area contributed by atoms with Gasteiger partial charge in [-0.2, -0.15) is 0 Å². The van der Waals surface area contributed by atoms with Crippen LogP contribution in [-0.4, -0.2) is 51.3 Å². The summed E-state index contributed by atoms with van der Waals surface area (Å²) in [6.07, 6.45) is 1.35. The summed E-state index contributed by atoms with van der Waals surface area (Å²) in [5, 5.41) is 20.5. The molecule has 4 rings (SSSR count). The van der Waals surface area contributed by atoms with E-state index in [2.05, 4.69) is 4.98 Å². The Morgan fingerprint density at radius 3 is 2.30 bits per heavy atom. The van der Waals surface area contributed by atoms with Crippen LogP contribution in [0, 0.1) is 16.0 Å². The molecule has 2 aromatic carbocycles. The normalized spacial score (nSPS) is 14.3. The van der Waals surface area contributed by atoms with E-state index in [-0.39, 0.29) is 47.0 Å². The van der Waals surface area contributed by atoms with E-state index in [1.165, 1.54) is 24.3 Å². The zero-order valence-corrected chi connectivity index (χ0v) is 17.9. The van der Waals surface area contributed by atoms with Crippen molar-refractivity contribution >= 4 is 23.2 Å². The highest BCUT2D eigenvalue weighted by molar-refractivity contribution is 6.17. The molecule has 0 aliphatic carbocycles. The number of aromatic nitrogens is 1. The number of nitrogens with zero attached hydrogens (tertiary/aromatic N) is 2. The first kappa shape index (κ1) is 22.2. The Labute approximate surface area is 190 Å². The second kappa shape index (κ2) is 9.25. The fraction of sp³-hybridized carbons (Fsp3) is 0.250. The lowest BCUT2D eigenvalue weighted by Crippen LogP contribution is -2.39. The first-order valence-electron chi connectivity index (χ1n) is 10.7. The molecular formula is C24H24N4O5. The SMILES string of the molecule is Nc1[nH]c(C(=O)c2ccccc2)c(-c2ccc([N+](=O)[O-])cc2)c1C(=O)N1CCC(CO)CC1. The number of nitrogens with two attached hydrogens (primary N) is 1. The molecule has 33 heavy (non-hydrogen) atoms. The van der Waals surface area contributed by atoms with Crippen molar-refractivity contribution in [3.8, 4) is 11.1 Å². The summed E-state index contributed by atoms with van der Waals surface area (Å²) >= 11 is 0. The van der Waals surface area contributed by atoms with Crippen LogP contribution in [0.1, 0.15) is 39.3 Å². The number of ketones is 1. The molecule has 3 aromatic rings. The maximum atomic E-state index is 13.5. The van der Waals surface area contributed by atoms with Crippen molar-refractivity contribution in [3.63, 3.8) is 0 Å². The number of nitro benzene ring substituents is 1. The molecule has 0 spiro atoms. The van der Waals surface area contributed by atoms with Gasteiger partial charge in [-0.1, -0.05) is 30.3 Å². The summed E-state index contributed by atoms with van der Waals surface area (Å²) in [5.74, 6) is -0.437. The van der Waals surface area contributed by atoms with Gasteiger partial charge in [-0.05, 0) is 36.5 Å². The molecule has 1 saturated heterocycles. The summed E-state index contributed by atoms with van der Waals surface area (Å²) in [6.45, 7) is 1.02. The number of H-pyrrole nitrogens is 1. The number of non-ortho nitro benzene ring substituents is 1. The van der Waals surface area contributed by atoms with Crippen molar-refractivity contribution in [1.82, 2.24) is 9.88 Å². The van der Waals surface area contributed by atoms with Crippen molar-refractivity contribution in [1.29, 1.82) is 0 Å². The smallest absolute Gasteiger partial charge is 0.269 e. The molecule has 1 aliphatic heterocycles. The number of nitrogen functional groups attached to an aromatic ring is 1. The number of hydrogen-bond donors (Lipinski definition) is 3. The number of amides is 1. The maximum absolute atomic E-state index is 13.5. The average molecular weight is 448 g/mol. The molecule has 1 aliphatic rings. The number of carbonyl (C=O) groups excluding carboxylic acids is 2. The number of carbonyl (C=O) groups is 2. The Balaban J connectivity index is 1.81. The van der Waals surface area contributed by atoms with E-state index in [1.54, 1.807) is 35.2 Å². The predicted molar refractivity (Wildman–Crippen MR) is 123 cm³/mol. The fourth-order valence-electron chi connectivity index (χ4n) is 4.16. The van der Waals surface area contributed by atoms with Crippen molar-refractivity contribution in [2.75, 3.05) is 25.4 Å². The number of anilines is 1. The quantitative estimate of drug-likeness (QED) is 0.300.